The number of halogens is 1. The van der Waals surface area contributed by atoms with E-state index in [4.69, 9.17) is 16.9 Å². The van der Waals surface area contributed by atoms with E-state index in [1.165, 1.54) is 0 Å². The van der Waals surface area contributed by atoms with Crippen molar-refractivity contribution >= 4 is 23.3 Å². The van der Waals surface area contributed by atoms with Crippen LogP contribution in [0, 0.1) is 23.2 Å². The Bertz CT molecular complexity index is 607. The van der Waals surface area contributed by atoms with E-state index in [2.05, 4.69) is 5.32 Å². The number of benzene rings is 1. The lowest BCUT2D eigenvalue weighted by molar-refractivity contribution is -0.132. The summed E-state index contributed by atoms with van der Waals surface area (Å²) in [6.45, 7) is 3.59. The average Bonchev–Trinajstić information content (AvgIpc) is 3.18. The van der Waals surface area contributed by atoms with E-state index in [1.807, 2.05) is 24.3 Å². The zero-order chi connectivity index (χ0) is 15.6. The highest BCUT2D eigenvalue weighted by atomic mass is 35.5. The fraction of sp³-hybridized carbons (Fsp3) is 0.438. The molecule has 1 aromatic rings. The second-order valence-electron chi connectivity index (χ2n) is 5.63. The zero-order valence-corrected chi connectivity index (χ0v) is 12.7. The normalized spacial score (nSPS) is 21.5. The van der Waals surface area contributed by atoms with Crippen LogP contribution in [0.5, 0.6) is 0 Å². The van der Waals surface area contributed by atoms with Gasteiger partial charge in [-0.25, -0.2) is 0 Å². The number of hydrogen-bond acceptors (Lipinski definition) is 3. The van der Waals surface area contributed by atoms with E-state index in [0.717, 1.165) is 5.56 Å². The number of rotatable bonds is 5. The molecule has 0 aliphatic heterocycles. The lowest BCUT2D eigenvalue weighted by Gasteiger charge is -2.12. The van der Waals surface area contributed by atoms with E-state index < -0.39 is 11.8 Å². The minimum Gasteiger partial charge on any atom is -0.352 e. The molecule has 1 aromatic carbocycles. The second-order valence-corrected chi connectivity index (χ2v) is 6.07. The summed E-state index contributed by atoms with van der Waals surface area (Å²) in [5.74, 6) is -2.21. The predicted octanol–water partition coefficient (Wildman–Crippen LogP) is 2.68. The number of amides is 1. The molecule has 4 nitrogen and oxygen atoms in total. The number of Topliss-reactive ketones (excluding diaryl/α,β-unsaturated/α-hetero) is 1. The quantitative estimate of drug-likeness (QED) is 0.850. The Kier molecular flexibility index (Phi) is 4.64. The summed E-state index contributed by atoms with van der Waals surface area (Å²) in [6, 6.07) is 9.09. The lowest BCUT2D eigenvalue weighted by Crippen LogP contribution is -2.39. The van der Waals surface area contributed by atoms with Gasteiger partial charge in [0.25, 0.3) is 0 Å². The van der Waals surface area contributed by atoms with Crippen LogP contribution in [0.15, 0.2) is 24.3 Å². The van der Waals surface area contributed by atoms with Crippen LogP contribution in [0.3, 0.4) is 0 Å². The van der Waals surface area contributed by atoms with Crippen LogP contribution in [-0.2, 0) is 9.59 Å². The van der Waals surface area contributed by atoms with Gasteiger partial charge in [0.15, 0.2) is 11.7 Å². The third-order valence-electron chi connectivity index (χ3n) is 3.54. The number of hydrogen-bond donors (Lipinski definition) is 1. The van der Waals surface area contributed by atoms with Gasteiger partial charge in [0.05, 0.1) is 6.07 Å². The van der Waals surface area contributed by atoms with Gasteiger partial charge in [0, 0.05) is 17.0 Å². The van der Waals surface area contributed by atoms with Crippen molar-refractivity contribution in [3.8, 4) is 6.07 Å². The molecule has 0 saturated heterocycles. The maximum atomic E-state index is 12.3. The van der Waals surface area contributed by atoms with Crippen molar-refractivity contribution in [2.24, 2.45) is 11.8 Å². The first-order valence-electron chi connectivity index (χ1n) is 6.93. The van der Waals surface area contributed by atoms with Crippen LogP contribution in [0.25, 0.3) is 0 Å². The molecular weight excluding hydrogens is 288 g/mol. The number of ketones is 1. The average molecular weight is 305 g/mol. The van der Waals surface area contributed by atoms with E-state index >= 15 is 0 Å². The summed E-state index contributed by atoms with van der Waals surface area (Å²) in [5, 5.41) is 12.3. The van der Waals surface area contributed by atoms with E-state index in [9.17, 15) is 9.59 Å². The van der Waals surface area contributed by atoms with Crippen molar-refractivity contribution < 1.29 is 9.59 Å². The molecule has 1 aliphatic carbocycles. The number of nitrogens with one attached hydrogen (secondary N) is 1. The topological polar surface area (TPSA) is 70.0 Å². The van der Waals surface area contributed by atoms with Gasteiger partial charge >= 0.3 is 0 Å². The monoisotopic (exact) mass is 304 g/mol. The van der Waals surface area contributed by atoms with Crippen molar-refractivity contribution in [2.45, 2.75) is 32.2 Å². The van der Waals surface area contributed by atoms with Gasteiger partial charge in [0.2, 0.25) is 5.91 Å². The number of carbonyl (C=O) groups excluding carboxylic acids is 2. The molecule has 3 atom stereocenters. The molecule has 0 unspecified atom stereocenters. The van der Waals surface area contributed by atoms with Crippen LogP contribution in [0.1, 0.15) is 31.7 Å². The van der Waals surface area contributed by atoms with Crippen molar-refractivity contribution in [1.82, 2.24) is 5.32 Å². The van der Waals surface area contributed by atoms with Gasteiger partial charge in [-0.3, -0.25) is 9.59 Å². The van der Waals surface area contributed by atoms with Gasteiger partial charge in [-0.2, -0.15) is 5.26 Å². The second kappa shape index (κ2) is 6.28. The molecule has 0 spiro atoms. The summed E-state index contributed by atoms with van der Waals surface area (Å²) >= 11 is 5.94. The molecule has 1 fully saturated rings. The Morgan fingerprint density at radius 3 is 2.71 bits per heavy atom. The maximum absolute atomic E-state index is 12.3. The highest BCUT2D eigenvalue weighted by molar-refractivity contribution is 6.30. The third kappa shape index (κ3) is 3.62. The predicted molar refractivity (Wildman–Crippen MR) is 79.7 cm³/mol. The molecule has 110 valence electrons. The minimum absolute atomic E-state index is 0.0684. The van der Waals surface area contributed by atoms with E-state index in [-0.39, 0.29) is 23.7 Å². The van der Waals surface area contributed by atoms with Crippen LogP contribution in [0.2, 0.25) is 5.02 Å². The summed E-state index contributed by atoms with van der Waals surface area (Å²) in [6.07, 6.45) is 0.673. The van der Waals surface area contributed by atoms with E-state index in [1.54, 1.807) is 19.9 Å². The smallest absolute Gasteiger partial charge is 0.245 e. The zero-order valence-electron chi connectivity index (χ0n) is 12.0. The molecule has 1 N–H and O–H groups in total. The fourth-order valence-corrected chi connectivity index (χ4v) is 2.65. The van der Waals surface area contributed by atoms with Crippen molar-refractivity contribution in [1.29, 1.82) is 5.26 Å². The van der Waals surface area contributed by atoms with Crippen LogP contribution in [0.4, 0.5) is 0 Å². The molecule has 1 aliphatic rings. The van der Waals surface area contributed by atoms with Crippen molar-refractivity contribution in [3.05, 3.63) is 34.9 Å². The highest BCUT2D eigenvalue weighted by Gasteiger charge is 2.47. The summed E-state index contributed by atoms with van der Waals surface area (Å²) in [4.78, 5) is 24.2. The van der Waals surface area contributed by atoms with Crippen molar-refractivity contribution in [3.63, 3.8) is 0 Å². The van der Waals surface area contributed by atoms with Crippen LogP contribution >= 0.6 is 11.6 Å². The molecule has 21 heavy (non-hydrogen) atoms. The molecule has 1 amide bonds. The van der Waals surface area contributed by atoms with Gasteiger partial charge in [-0.1, -0.05) is 23.7 Å². The fourth-order valence-electron chi connectivity index (χ4n) is 2.45. The molecule has 5 heteroatoms. The first-order chi connectivity index (χ1) is 9.93. The minimum atomic E-state index is -1.22. The Balaban J connectivity index is 2.05. The molecule has 0 bridgehead atoms. The first kappa shape index (κ1) is 15.5. The third-order valence-corrected chi connectivity index (χ3v) is 3.77. The van der Waals surface area contributed by atoms with Gasteiger partial charge in [0.1, 0.15) is 0 Å². The SMILES string of the molecule is CC(C)NC(=O)[C@H](C#N)C(=O)[C@@H]1C[C@@H]1c1cccc(Cl)c1. The Hall–Kier alpha value is -1.86. The molecular formula is C16H17ClN2O2. The van der Waals surface area contributed by atoms with E-state index in [0.29, 0.717) is 11.4 Å². The number of nitrogens with zero attached hydrogens (tertiary/aromatic N) is 1. The van der Waals surface area contributed by atoms with Gasteiger partial charge < -0.3 is 5.32 Å². The lowest BCUT2D eigenvalue weighted by atomic mass is 9.98. The molecule has 0 radical (unpaired) electrons. The van der Waals surface area contributed by atoms with Crippen molar-refractivity contribution in [2.75, 3.05) is 0 Å². The Labute approximate surface area is 129 Å². The number of carbonyl (C=O) groups is 2. The van der Waals surface area contributed by atoms with Crippen LogP contribution in [-0.4, -0.2) is 17.7 Å². The summed E-state index contributed by atoms with van der Waals surface area (Å²) in [5.41, 5.74) is 0.988. The Morgan fingerprint density at radius 2 is 2.14 bits per heavy atom. The largest absolute Gasteiger partial charge is 0.352 e. The van der Waals surface area contributed by atoms with Gasteiger partial charge in [-0.15, -0.1) is 0 Å². The maximum Gasteiger partial charge on any atom is 0.245 e. The number of nitriles is 1. The first-order valence-corrected chi connectivity index (χ1v) is 7.31. The van der Waals surface area contributed by atoms with Gasteiger partial charge in [-0.05, 0) is 43.9 Å². The summed E-state index contributed by atoms with van der Waals surface area (Å²) < 4.78 is 0. The van der Waals surface area contributed by atoms with Crippen LogP contribution < -0.4 is 5.32 Å². The molecule has 0 aromatic heterocycles. The molecule has 2 rings (SSSR count). The molecule has 0 heterocycles. The molecule has 1 saturated carbocycles. The highest BCUT2D eigenvalue weighted by Crippen LogP contribution is 2.49. The Morgan fingerprint density at radius 1 is 1.43 bits per heavy atom. The standard InChI is InChI=1S/C16H17ClN2O2/c1-9(2)19-16(21)14(8-18)15(20)13-7-12(13)10-4-3-5-11(17)6-10/h3-6,9,12-14H,7H2,1-2H3,(H,19,21)/t12-,13-,14-/m1/s1. The summed E-state index contributed by atoms with van der Waals surface area (Å²) in [7, 11) is 0.